The van der Waals surface area contributed by atoms with Gasteiger partial charge in [0.05, 0.1) is 6.61 Å². The fraction of sp³-hybridized carbons (Fsp3) is 0.800. The minimum atomic E-state index is 0.386. The number of hydrogen-bond acceptors (Lipinski definition) is 6. The standard InChI is InChI=1S/C15H27N5O/c1-3-11-21-15-19-13(16-2)18-14(20-15)17-10-9-12-7-5-4-6-8-12/h12H,3-11H2,1-2H3,(H2,16,17,18,19,20). The van der Waals surface area contributed by atoms with Crippen molar-refractivity contribution in [3.8, 4) is 6.01 Å². The monoisotopic (exact) mass is 293 g/mol. The molecule has 1 aliphatic carbocycles. The highest BCUT2D eigenvalue weighted by atomic mass is 16.5. The number of rotatable bonds is 8. The summed E-state index contributed by atoms with van der Waals surface area (Å²) < 4.78 is 5.49. The zero-order valence-electron chi connectivity index (χ0n) is 13.2. The van der Waals surface area contributed by atoms with Gasteiger partial charge in [0, 0.05) is 13.6 Å². The molecule has 1 fully saturated rings. The minimum absolute atomic E-state index is 0.386. The molecule has 0 amide bonds. The summed E-state index contributed by atoms with van der Waals surface area (Å²) >= 11 is 0. The van der Waals surface area contributed by atoms with Gasteiger partial charge in [-0.3, -0.25) is 0 Å². The van der Waals surface area contributed by atoms with E-state index in [1.807, 2.05) is 0 Å². The van der Waals surface area contributed by atoms with Crippen LogP contribution in [0.1, 0.15) is 51.9 Å². The van der Waals surface area contributed by atoms with E-state index in [1.54, 1.807) is 7.05 Å². The van der Waals surface area contributed by atoms with Crippen molar-refractivity contribution in [3.63, 3.8) is 0 Å². The van der Waals surface area contributed by atoms with Gasteiger partial charge in [0.1, 0.15) is 0 Å². The highest BCUT2D eigenvalue weighted by Gasteiger charge is 2.13. The second-order valence-electron chi connectivity index (χ2n) is 5.58. The molecule has 1 aliphatic rings. The number of ether oxygens (including phenoxy) is 1. The SMILES string of the molecule is CCCOc1nc(NC)nc(NCCC2CCCCC2)n1. The second-order valence-corrected chi connectivity index (χ2v) is 5.58. The van der Waals surface area contributed by atoms with E-state index in [4.69, 9.17) is 4.74 Å². The van der Waals surface area contributed by atoms with Crippen molar-refractivity contribution in [2.75, 3.05) is 30.8 Å². The van der Waals surface area contributed by atoms with Crippen LogP contribution in [-0.4, -0.2) is 35.2 Å². The summed E-state index contributed by atoms with van der Waals surface area (Å²) in [4.78, 5) is 12.8. The molecule has 0 saturated heterocycles. The van der Waals surface area contributed by atoms with E-state index >= 15 is 0 Å². The Labute approximate surface area is 127 Å². The lowest BCUT2D eigenvalue weighted by Crippen LogP contribution is -2.14. The third-order valence-corrected chi connectivity index (χ3v) is 3.83. The van der Waals surface area contributed by atoms with Crippen LogP contribution < -0.4 is 15.4 Å². The Hall–Kier alpha value is -1.59. The quantitative estimate of drug-likeness (QED) is 0.767. The van der Waals surface area contributed by atoms with Crippen molar-refractivity contribution in [2.24, 2.45) is 5.92 Å². The van der Waals surface area contributed by atoms with Crippen LogP contribution in [0, 0.1) is 5.92 Å². The lowest BCUT2D eigenvalue weighted by atomic mass is 9.87. The fourth-order valence-corrected chi connectivity index (χ4v) is 2.67. The molecular formula is C15H27N5O. The molecule has 118 valence electrons. The van der Waals surface area contributed by atoms with Gasteiger partial charge in [0.2, 0.25) is 11.9 Å². The Balaban J connectivity index is 1.85. The molecule has 21 heavy (non-hydrogen) atoms. The lowest BCUT2D eigenvalue weighted by Gasteiger charge is -2.21. The van der Waals surface area contributed by atoms with E-state index in [-0.39, 0.29) is 0 Å². The van der Waals surface area contributed by atoms with Crippen LogP contribution in [0.15, 0.2) is 0 Å². The maximum atomic E-state index is 5.49. The molecule has 1 aromatic heterocycles. The topological polar surface area (TPSA) is 72.0 Å². The first kappa shape index (κ1) is 15.8. The molecule has 0 bridgehead atoms. The van der Waals surface area contributed by atoms with Gasteiger partial charge in [-0.25, -0.2) is 0 Å². The van der Waals surface area contributed by atoms with Crippen LogP contribution >= 0.6 is 0 Å². The Morgan fingerprint density at radius 1 is 1.10 bits per heavy atom. The Kier molecular flexibility index (Phi) is 6.50. The zero-order valence-corrected chi connectivity index (χ0v) is 13.2. The summed E-state index contributed by atoms with van der Waals surface area (Å²) in [6.07, 6.45) is 9.03. The Bertz CT molecular complexity index is 421. The van der Waals surface area contributed by atoms with Crippen molar-refractivity contribution < 1.29 is 4.74 Å². The van der Waals surface area contributed by atoms with E-state index in [9.17, 15) is 0 Å². The van der Waals surface area contributed by atoms with Gasteiger partial charge in [0.15, 0.2) is 0 Å². The molecule has 6 heteroatoms. The Morgan fingerprint density at radius 2 is 1.86 bits per heavy atom. The summed E-state index contributed by atoms with van der Waals surface area (Å²) in [5, 5.41) is 6.24. The van der Waals surface area contributed by atoms with Crippen LogP contribution in [-0.2, 0) is 0 Å². The normalized spacial score (nSPS) is 15.7. The first-order valence-corrected chi connectivity index (χ1v) is 8.12. The number of nitrogens with zero attached hydrogens (tertiary/aromatic N) is 3. The van der Waals surface area contributed by atoms with Gasteiger partial charge in [-0.1, -0.05) is 39.0 Å². The summed E-state index contributed by atoms with van der Waals surface area (Å²) in [5.74, 6) is 1.99. The molecule has 1 heterocycles. The molecular weight excluding hydrogens is 266 g/mol. The van der Waals surface area contributed by atoms with Crippen molar-refractivity contribution in [2.45, 2.75) is 51.9 Å². The van der Waals surface area contributed by atoms with Crippen LogP contribution in [0.25, 0.3) is 0 Å². The molecule has 2 N–H and O–H groups in total. The van der Waals surface area contributed by atoms with Gasteiger partial charge in [0.25, 0.3) is 0 Å². The number of hydrogen-bond donors (Lipinski definition) is 2. The van der Waals surface area contributed by atoms with Gasteiger partial charge in [-0.15, -0.1) is 0 Å². The van der Waals surface area contributed by atoms with Crippen LogP contribution in [0.5, 0.6) is 6.01 Å². The third kappa shape index (κ3) is 5.36. The molecule has 0 atom stereocenters. The van der Waals surface area contributed by atoms with Crippen molar-refractivity contribution in [3.05, 3.63) is 0 Å². The predicted molar refractivity (Wildman–Crippen MR) is 84.8 cm³/mol. The van der Waals surface area contributed by atoms with Gasteiger partial charge in [-0.05, 0) is 18.8 Å². The van der Waals surface area contributed by atoms with E-state index < -0.39 is 0 Å². The fourth-order valence-electron chi connectivity index (χ4n) is 2.67. The average Bonchev–Trinajstić information content (AvgIpc) is 2.53. The van der Waals surface area contributed by atoms with Crippen molar-refractivity contribution in [1.82, 2.24) is 15.0 Å². The van der Waals surface area contributed by atoms with Crippen LogP contribution in [0.2, 0.25) is 0 Å². The molecule has 0 aromatic carbocycles. The first-order valence-electron chi connectivity index (χ1n) is 8.12. The van der Waals surface area contributed by atoms with E-state index in [1.165, 1.54) is 38.5 Å². The summed E-state index contributed by atoms with van der Waals surface area (Å²) in [6.45, 7) is 3.59. The number of nitrogens with one attached hydrogen (secondary N) is 2. The molecule has 1 aromatic rings. The molecule has 6 nitrogen and oxygen atoms in total. The van der Waals surface area contributed by atoms with E-state index in [0.717, 1.165) is 18.9 Å². The van der Waals surface area contributed by atoms with Crippen molar-refractivity contribution >= 4 is 11.9 Å². The smallest absolute Gasteiger partial charge is 0.323 e. The van der Waals surface area contributed by atoms with Crippen molar-refractivity contribution in [1.29, 1.82) is 0 Å². The molecule has 0 spiro atoms. The summed E-state index contributed by atoms with van der Waals surface area (Å²) in [5.41, 5.74) is 0. The maximum absolute atomic E-state index is 5.49. The molecule has 2 rings (SSSR count). The van der Waals surface area contributed by atoms with Gasteiger partial charge < -0.3 is 15.4 Å². The molecule has 0 radical (unpaired) electrons. The molecule has 0 unspecified atom stereocenters. The number of anilines is 2. The highest BCUT2D eigenvalue weighted by Crippen LogP contribution is 2.26. The second kappa shape index (κ2) is 8.64. The molecule has 0 aliphatic heterocycles. The average molecular weight is 293 g/mol. The van der Waals surface area contributed by atoms with Gasteiger partial charge >= 0.3 is 6.01 Å². The number of aromatic nitrogens is 3. The van der Waals surface area contributed by atoms with E-state index in [2.05, 4.69) is 32.5 Å². The van der Waals surface area contributed by atoms with Gasteiger partial charge in [-0.2, -0.15) is 15.0 Å². The maximum Gasteiger partial charge on any atom is 0.323 e. The third-order valence-electron chi connectivity index (χ3n) is 3.83. The van der Waals surface area contributed by atoms with E-state index in [0.29, 0.717) is 24.5 Å². The predicted octanol–water partition coefficient (Wildman–Crippen LogP) is 3.08. The lowest BCUT2D eigenvalue weighted by molar-refractivity contribution is 0.292. The van der Waals surface area contributed by atoms with Crippen LogP contribution in [0.4, 0.5) is 11.9 Å². The summed E-state index contributed by atoms with van der Waals surface area (Å²) in [6, 6.07) is 0.386. The highest BCUT2D eigenvalue weighted by molar-refractivity contribution is 5.35. The minimum Gasteiger partial charge on any atom is -0.463 e. The summed E-state index contributed by atoms with van der Waals surface area (Å²) in [7, 11) is 1.80. The zero-order chi connectivity index (χ0) is 14.9. The molecule has 1 saturated carbocycles. The van der Waals surface area contributed by atoms with Crippen LogP contribution in [0.3, 0.4) is 0 Å². The Morgan fingerprint density at radius 3 is 2.57 bits per heavy atom. The largest absolute Gasteiger partial charge is 0.463 e. The first-order chi connectivity index (χ1) is 10.3.